The Kier molecular flexibility index (Phi) is 5.97. The standard InChI is InChI=1S/C23H19F8NO3S/c1-13-2-5-16(11-18(13)24)36(34,35)20-8-9-32(12-33)19(20)7-3-14-10-15(4-6-17(14)20)21(25,22(26,27)28)23(29,30)31/h2,4-6,10-12,19H,3,7-9H2,1H3. The first kappa shape index (κ1) is 26.4. The molecule has 1 heterocycles. The Morgan fingerprint density at radius 2 is 1.64 bits per heavy atom. The van der Waals surface area contributed by atoms with E-state index in [2.05, 4.69) is 0 Å². The summed E-state index contributed by atoms with van der Waals surface area (Å²) in [4.78, 5) is 12.4. The Labute approximate surface area is 200 Å². The SMILES string of the molecule is Cc1ccc(S(=O)(=O)C23CCN(C=O)C2CCc2cc(C(F)(C(F)(F)F)C(F)(F)F)ccc23)cc1F. The molecule has 0 aromatic heterocycles. The van der Waals surface area contributed by atoms with Crippen LogP contribution in [0.5, 0.6) is 0 Å². The maximum Gasteiger partial charge on any atom is 0.435 e. The van der Waals surface area contributed by atoms with Crippen LogP contribution in [0, 0.1) is 12.7 Å². The van der Waals surface area contributed by atoms with Crippen LogP contribution in [0.4, 0.5) is 35.1 Å². The lowest BCUT2D eigenvalue weighted by atomic mass is 9.77. The number of benzene rings is 2. The van der Waals surface area contributed by atoms with Crippen LogP contribution in [0.3, 0.4) is 0 Å². The van der Waals surface area contributed by atoms with Gasteiger partial charge in [0.05, 0.1) is 10.9 Å². The van der Waals surface area contributed by atoms with Crippen molar-refractivity contribution < 1.29 is 48.3 Å². The third kappa shape index (κ3) is 3.45. The van der Waals surface area contributed by atoms with Crippen LogP contribution in [-0.2, 0) is 31.5 Å². The number of amides is 1. The summed E-state index contributed by atoms with van der Waals surface area (Å²) in [6, 6.07) is 3.55. The molecule has 0 N–H and O–H groups in total. The highest BCUT2D eigenvalue weighted by Crippen LogP contribution is 2.56. The zero-order valence-corrected chi connectivity index (χ0v) is 19.4. The highest BCUT2D eigenvalue weighted by atomic mass is 32.2. The van der Waals surface area contributed by atoms with E-state index in [1.165, 1.54) is 17.9 Å². The number of carbonyl (C=O) groups is 1. The molecular weight excluding hydrogens is 522 g/mol. The van der Waals surface area contributed by atoms with Gasteiger partial charge >= 0.3 is 18.0 Å². The number of rotatable bonds is 4. The van der Waals surface area contributed by atoms with Crippen molar-refractivity contribution in [2.75, 3.05) is 6.54 Å². The maximum absolute atomic E-state index is 14.7. The normalized spacial score (nSPS) is 22.8. The first-order valence-corrected chi connectivity index (χ1v) is 12.2. The minimum absolute atomic E-state index is 0.0684. The van der Waals surface area contributed by atoms with Crippen LogP contribution in [-0.4, -0.2) is 44.7 Å². The van der Waals surface area contributed by atoms with Crippen LogP contribution < -0.4 is 0 Å². The molecular formula is C23H19F8NO3S. The zero-order chi connectivity index (χ0) is 26.9. The Morgan fingerprint density at radius 1 is 1.00 bits per heavy atom. The molecule has 196 valence electrons. The third-order valence-electron chi connectivity index (χ3n) is 7.18. The van der Waals surface area contributed by atoms with Crippen molar-refractivity contribution in [3.05, 3.63) is 64.5 Å². The van der Waals surface area contributed by atoms with Gasteiger partial charge in [-0.05, 0) is 55.0 Å². The van der Waals surface area contributed by atoms with Gasteiger partial charge in [0, 0.05) is 12.1 Å². The lowest BCUT2D eigenvalue weighted by Gasteiger charge is -2.42. The molecule has 13 heteroatoms. The molecule has 4 rings (SSSR count). The zero-order valence-electron chi connectivity index (χ0n) is 18.6. The molecule has 36 heavy (non-hydrogen) atoms. The second-order valence-corrected chi connectivity index (χ2v) is 11.2. The monoisotopic (exact) mass is 541 g/mol. The molecule has 1 aliphatic heterocycles. The van der Waals surface area contributed by atoms with Crippen LogP contribution >= 0.6 is 0 Å². The highest BCUT2D eigenvalue weighted by molar-refractivity contribution is 7.92. The predicted molar refractivity (Wildman–Crippen MR) is 111 cm³/mol. The van der Waals surface area contributed by atoms with Gasteiger partial charge in [-0.2, -0.15) is 26.3 Å². The van der Waals surface area contributed by atoms with E-state index in [0.29, 0.717) is 12.5 Å². The second kappa shape index (κ2) is 8.15. The van der Waals surface area contributed by atoms with Gasteiger partial charge in [-0.1, -0.05) is 24.3 Å². The van der Waals surface area contributed by atoms with E-state index < -0.39 is 54.9 Å². The fraction of sp³-hybridized carbons (Fsp3) is 0.435. The molecule has 2 atom stereocenters. The minimum atomic E-state index is -6.33. The largest absolute Gasteiger partial charge is 0.435 e. The number of hydrogen-bond acceptors (Lipinski definition) is 3. The number of carbonyl (C=O) groups excluding carboxylic acids is 1. The molecule has 1 aliphatic carbocycles. The summed E-state index contributed by atoms with van der Waals surface area (Å²) in [5.41, 5.74) is -7.61. The molecule has 2 unspecified atom stereocenters. The average molecular weight is 541 g/mol. The third-order valence-corrected chi connectivity index (χ3v) is 9.71. The van der Waals surface area contributed by atoms with Crippen molar-refractivity contribution in [2.24, 2.45) is 0 Å². The highest BCUT2D eigenvalue weighted by Gasteiger charge is 2.73. The van der Waals surface area contributed by atoms with E-state index in [0.717, 1.165) is 18.2 Å². The van der Waals surface area contributed by atoms with Crippen molar-refractivity contribution >= 4 is 16.2 Å². The number of hydrogen-bond donors (Lipinski definition) is 0. The number of fused-ring (bicyclic) bond motifs is 3. The van der Waals surface area contributed by atoms with Gasteiger partial charge in [-0.15, -0.1) is 0 Å². The summed E-state index contributed by atoms with van der Waals surface area (Å²) < 4.78 is 135. The topological polar surface area (TPSA) is 54.5 Å². The summed E-state index contributed by atoms with van der Waals surface area (Å²) in [6.45, 7) is 1.33. The van der Waals surface area contributed by atoms with E-state index in [4.69, 9.17) is 0 Å². The van der Waals surface area contributed by atoms with E-state index in [1.54, 1.807) is 0 Å². The number of aryl methyl sites for hydroxylation is 2. The van der Waals surface area contributed by atoms with Gasteiger partial charge < -0.3 is 4.90 Å². The van der Waals surface area contributed by atoms with E-state index in [1.807, 2.05) is 0 Å². The number of halogens is 8. The molecule has 4 nitrogen and oxygen atoms in total. The predicted octanol–water partition coefficient (Wildman–Crippen LogP) is 5.27. The van der Waals surface area contributed by atoms with E-state index >= 15 is 0 Å². The van der Waals surface area contributed by atoms with Crippen LogP contribution in [0.2, 0.25) is 0 Å². The molecule has 0 radical (unpaired) electrons. The lowest BCUT2D eigenvalue weighted by Crippen LogP contribution is -2.52. The molecule has 2 aromatic carbocycles. The quantitative estimate of drug-likeness (QED) is 0.392. The van der Waals surface area contributed by atoms with E-state index in [9.17, 15) is 48.3 Å². The molecule has 0 bridgehead atoms. The second-order valence-electron chi connectivity index (χ2n) is 8.98. The van der Waals surface area contributed by atoms with Crippen molar-refractivity contribution in [1.82, 2.24) is 4.90 Å². The Morgan fingerprint density at radius 3 is 2.19 bits per heavy atom. The van der Waals surface area contributed by atoms with Crippen LogP contribution in [0.25, 0.3) is 0 Å². The molecule has 2 aromatic rings. The van der Waals surface area contributed by atoms with Gasteiger partial charge in [-0.25, -0.2) is 17.2 Å². The minimum Gasteiger partial charge on any atom is -0.340 e. The Hall–Kier alpha value is -2.70. The first-order valence-electron chi connectivity index (χ1n) is 10.7. The number of nitrogens with zero attached hydrogens (tertiary/aromatic N) is 1. The van der Waals surface area contributed by atoms with Gasteiger partial charge in [-0.3, -0.25) is 4.79 Å². The summed E-state index contributed by atoms with van der Waals surface area (Å²) >= 11 is 0. The smallest absolute Gasteiger partial charge is 0.340 e. The Bertz CT molecular complexity index is 1310. The molecule has 1 fully saturated rings. The summed E-state index contributed by atoms with van der Waals surface area (Å²) in [6.07, 6.45) is -12.8. The van der Waals surface area contributed by atoms with Gasteiger partial charge in [0.25, 0.3) is 0 Å². The number of alkyl halides is 7. The summed E-state index contributed by atoms with van der Waals surface area (Å²) in [7, 11) is -4.54. The summed E-state index contributed by atoms with van der Waals surface area (Å²) in [5.74, 6) is -0.835. The number of sulfone groups is 1. The average Bonchev–Trinajstić information content (AvgIpc) is 3.19. The van der Waals surface area contributed by atoms with Crippen molar-refractivity contribution in [3.8, 4) is 0 Å². The van der Waals surface area contributed by atoms with Crippen molar-refractivity contribution in [1.29, 1.82) is 0 Å². The molecule has 0 spiro atoms. The fourth-order valence-corrected chi connectivity index (χ4v) is 7.73. The van der Waals surface area contributed by atoms with E-state index in [-0.39, 0.29) is 48.6 Å². The molecule has 1 amide bonds. The van der Waals surface area contributed by atoms with Crippen LogP contribution in [0.15, 0.2) is 41.3 Å². The lowest BCUT2D eigenvalue weighted by molar-refractivity contribution is -0.348. The first-order chi connectivity index (χ1) is 16.5. The fourth-order valence-electron chi connectivity index (χ4n) is 5.34. The Balaban J connectivity index is 1.97. The maximum atomic E-state index is 14.7. The van der Waals surface area contributed by atoms with Gasteiger partial charge in [0.15, 0.2) is 9.84 Å². The van der Waals surface area contributed by atoms with Crippen molar-refractivity contribution in [2.45, 2.75) is 59.9 Å². The summed E-state index contributed by atoms with van der Waals surface area (Å²) in [5, 5.41) is 0. The van der Waals surface area contributed by atoms with Gasteiger partial charge in [0.2, 0.25) is 6.41 Å². The van der Waals surface area contributed by atoms with Crippen LogP contribution in [0.1, 0.15) is 35.1 Å². The molecule has 2 aliphatic rings. The number of likely N-dealkylation sites (tertiary alicyclic amines) is 1. The molecule has 0 saturated carbocycles. The van der Waals surface area contributed by atoms with Gasteiger partial charge in [0.1, 0.15) is 10.6 Å². The van der Waals surface area contributed by atoms with Crippen molar-refractivity contribution in [3.63, 3.8) is 0 Å². The molecule has 1 saturated heterocycles.